The van der Waals surface area contributed by atoms with Crippen LogP contribution in [-0.2, 0) is 9.53 Å². The number of ether oxygens (including phenoxy) is 2. The fourth-order valence-corrected chi connectivity index (χ4v) is 4.89. The van der Waals surface area contributed by atoms with Crippen molar-refractivity contribution in [1.29, 1.82) is 0 Å². The first-order valence-electron chi connectivity index (χ1n) is 10.6. The average molecular weight is 465 g/mol. The SMILES string of the molecule is CCOC(=O)C1=C(C)N=c2s/c(=C\c3cccc(O)c3)c(=O)n2[C@H]1c1ccccc1OCC. The molecule has 0 unspecified atom stereocenters. The largest absolute Gasteiger partial charge is 0.508 e. The van der Waals surface area contributed by atoms with Crippen LogP contribution in [0.25, 0.3) is 6.08 Å². The minimum atomic E-state index is -0.741. The lowest BCUT2D eigenvalue weighted by Crippen LogP contribution is -2.40. The van der Waals surface area contributed by atoms with Crippen molar-refractivity contribution < 1.29 is 19.4 Å². The summed E-state index contributed by atoms with van der Waals surface area (Å²) in [6.07, 6.45) is 1.71. The van der Waals surface area contributed by atoms with Crippen molar-refractivity contribution in [1.82, 2.24) is 4.57 Å². The van der Waals surface area contributed by atoms with E-state index in [1.165, 1.54) is 15.9 Å². The molecule has 1 atom stereocenters. The van der Waals surface area contributed by atoms with Crippen molar-refractivity contribution in [2.75, 3.05) is 13.2 Å². The Labute approximate surface area is 194 Å². The molecule has 1 N–H and O–H groups in total. The predicted octanol–water partition coefficient (Wildman–Crippen LogP) is 2.90. The van der Waals surface area contributed by atoms with Crippen LogP contribution in [0.4, 0.5) is 0 Å². The summed E-state index contributed by atoms with van der Waals surface area (Å²) in [6, 6.07) is 13.3. The molecule has 0 fully saturated rings. The molecular weight excluding hydrogens is 440 g/mol. The summed E-state index contributed by atoms with van der Waals surface area (Å²) in [6.45, 7) is 6.01. The van der Waals surface area contributed by atoms with Crippen molar-refractivity contribution in [3.63, 3.8) is 0 Å². The van der Waals surface area contributed by atoms with Gasteiger partial charge in [0.25, 0.3) is 5.56 Å². The number of nitrogens with zero attached hydrogens (tertiary/aromatic N) is 2. The number of rotatable bonds is 6. The smallest absolute Gasteiger partial charge is 0.338 e. The number of carbonyl (C=O) groups excluding carboxylic acids is 1. The molecule has 1 aromatic heterocycles. The predicted molar refractivity (Wildman–Crippen MR) is 126 cm³/mol. The highest BCUT2D eigenvalue weighted by molar-refractivity contribution is 7.07. The van der Waals surface area contributed by atoms with Crippen LogP contribution < -0.4 is 19.6 Å². The molecule has 0 radical (unpaired) electrons. The van der Waals surface area contributed by atoms with Gasteiger partial charge >= 0.3 is 5.97 Å². The molecule has 7 nitrogen and oxygen atoms in total. The van der Waals surface area contributed by atoms with Gasteiger partial charge in [-0.05, 0) is 50.6 Å². The van der Waals surface area contributed by atoms with E-state index in [-0.39, 0.29) is 17.9 Å². The second kappa shape index (κ2) is 9.46. The molecule has 2 aromatic carbocycles. The summed E-state index contributed by atoms with van der Waals surface area (Å²) >= 11 is 1.23. The van der Waals surface area contributed by atoms with Crippen molar-refractivity contribution in [3.8, 4) is 11.5 Å². The van der Waals surface area contributed by atoms with Crippen molar-refractivity contribution in [3.05, 3.63) is 90.6 Å². The van der Waals surface area contributed by atoms with E-state index in [0.717, 1.165) is 0 Å². The van der Waals surface area contributed by atoms with Crippen LogP contribution in [0.5, 0.6) is 11.5 Å². The molecule has 0 saturated carbocycles. The number of hydrogen-bond acceptors (Lipinski definition) is 7. The number of phenols is 1. The van der Waals surface area contributed by atoms with Crippen LogP contribution >= 0.6 is 11.3 Å². The Morgan fingerprint density at radius 3 is 2.70 bits per heavy atom. The van der Waals surface area contributed by atoms with Gasteiger partial charge in [0.15, 0.2) is 4.80 Å². The van der Waals surface area contributed by atoms with Crippen LogP contribution in [0, 0.1) is 0 Å². The summed E-state index contributed by atoms with van der Waals surface area (Å²) in [5, 5.41) is 9.78. The van der Waals surface area contributed by atoms with Crippen LogP contribution in [0.2, 0.25) is 0 Å². The van der Waals surface area contributed by atoms with E-state index in [1.54, 1.807) is 44.2 Å². The van der Waals surface area contributed by atoms with Gasteiger partial charge < -0.3 is 14.6 Å². The number of esters is 1. The Morgan fingerprint density at radius 2 is 1.97 bits per heavy atom. The first kappa shape index (κ1) is 22.5. The van der Waals surface area contributed by atoms with Gasteiger partial charge in [0.1, 0.15) is 17.5 Å². The Morgan fingerprint density at radius 1 is 1.18 bits per heavy atom. The monoisotopic (exact) mass is 464 g/mol. The molecule has 0 spiro atoms. The number of carbonyl (C=O) groups is 1. The molecule has 3 aromatic rings. The van der Waals surface area contributed by atoms with Gasteiger partial charge in [-0.1, -0.05) is 41.7 Å². The molecule has 0 saturated heterocycles. The quantitative estimate of drug-likeness (QED) is 0.567. The van der Waals surface area contributed by atoms with E-state index in [0.29, 0.717) is 44.1 Å². The minimum Gasteiger partial charge on any atom is -0.508 e. The molecule has 0 amide bonds. The Balaban J connectivity index is 1.99. The molecule has 33 heavy (non-hydrogen) atoms. The van der Waals surface area contributed by atoms with Crippen LogP contribution in [0.3, 0.4) is 0 Å². The molecule has 0 bridgehead atoms. The normalized spacial score (nSPS) is 15.7. The highest BCUT2D eigenvalue weighted by atomic mass is 32.1. The fraction of sp³-hybridized carbons (Fsp3) is 0.240. The number of fused-ring (bicyclic) bond motifs is 1. The lowest BCUT2D eigenvalue weighted by molar-refractivity contribution is -0.139. The first-order chi connectivity index (χ1) is 15.9. The van der Waals surface area contributed by atoms with Crippen molar-refractivity contribution in [2.24, 2.45) is 4.99 Å². The average Bonchev–Trinajstić information content (AvgIpc) is 3.08. The van der Waals surface area contributed by atoms with Gasteiger partial charge in [-0.15, -0.1) is 0 Å². The first-order valence-corrected chi connectivity index (χ1v) is 11.5. The van der Waals surface area contributed by atoms with Gasteiger partial charge in [0.2, 0.25) is 0 Å². The summed E-state index contributed by atoms with van der Waals surface area (Å²) in [7, 11) is 0. The Kier molecular flexibility index (Phi) is 6.46. The molecule has 1 aliphatic heterocycles. The van der Waals surface area contributed by atoms with Gasteiger partial charge in [0.05, 0.1) is 29.0 Å². The van der Waals surface area contributed by atoms with Crippen LogP contribution in [0.15, 0.2) is 69.6 Å². The number of aromatic hydroxyl groups is 1. The standard InChI is InChI=1S/C25H24N2O5S/c1-4-31-19-12-7-6-11-18(19)22-21(24(30)32-5-2)15(3)26-25-27(22)23(29)20(33-25)14-16-9-8-10-17(28)13-16/h6-14,22,28H,4-5H2,1-3H3/b20-14-/t22-/m0/s1. The zero-order valence-electron chi connectivity index (χ0n) is 18.6. The lowest BCUT2D eigenvalue weighted by Gasteiger charge is -2.26. The number of allylic oxidation sites excluding steroid dienone is 1. The van der Waals surface area contributed by atoms with Crippen molar-refractivity contribution >= 4 is 23.4 Å². The maximum absolute atomic E-state index is 13.6. The molecule has 8 heteroatoms. The van der Waals surface area contributed by atoms with E-state index in [9.17, 15) is 14.7 Å². The lowest BCUT2D eigenvalue weighted by atomic mass is 9.95. The highest BCUT2D eigenvalue weighted by Crippen LogP contribution is 2.35. The third-order valence-corrected chi connectivity index (χ3v) is 6.18. The molecule has 4 rings (SSSR count). The number of para-hydroxylation sites is 1. The molecular formula is C25H24N2O5S. The molecule has 170 valence electrons. The summed E-state index contributed by atoms with van der Waals surface area (Å²) < 4.78 is 13.1. The molecule has 2 heterocycles. The summed E-state index contributed by atoms with van der Waals surface area (Å²) in [4.78, 5) is 31.6. The summed E-state index contributed by atoms with van der Waals surface area (Å²) in [5.41, 5.74) is 1.89. The fourth-order valence-electron chi connectivity index (χ4n) is 3.85. The Bertz CT molecular complexity index is 1420. The third-order valence-electron chi connectivity index (χ3n) is 5.20. The zero-order chi connectivity index (χ0) is 23.5. The minimum absolute atomic E-state index is 0.112. The van der Waals surface area contributed by atoms with E-state index in [1.807, 2.05) is 31.2 Å². The van der Waals surface area contributed by atoms with E-state index in [2.05, 4.69) is 4.99 Å². The van der Waals surface area contributed by atoms with E-state index >= 15 is 0 Å². The maximum Gasteiger partial charge on any atom is 0.338 e. The van der Waals surface area contributed by atoms with Crippen molar-refractivity contribution in [2.45, 2.75) is 26.8 Å². The number of phenolic OH excluding ortho intramolecular Hbond substituents is 1. The van der Waals surface area contributed by atoms with E-state index < -0.39 is 12.0 Å². The highest BCUT2D eigenvalue weighted by Gasteiger charge is 2.34. The van der Waals surface area contributed by atoms with Gasteiger partial charge in [-0.3, -0.25) is 9.36 Å². The topological polar surface area (TPSA) is 90.1 Å². The number of benzene rings is 2. The summed E-state index contributed by atoms with van der Waals surface area (Å²) in [5.74, 6) is 0.182. The van der Waals surface area contributed by atoms with Crippen LogP contribution in [0.1, 0.15) is 37.9 Å². The van der Waals surface area contributed by atoms with Gasteiger partial charge in [0, 0.05) is 5.56 Å². The second-order valence-electron chi connectivity index (χ2n) is 7.37. The zero-order valence-corrected chi connectivity index (χ0v) is 19.4. The molecule has 0 aliphatic carbocycles. The maximum atomic E-state index is 13.6. The Hall–Kier alpha value is -3.65. The van der Waals surface area contributed by atoms with Crippen LogP contribution in [-0.4, -0.2) is 28.9 Å². The van der Waals surface area contributed by atoms with Gasteiger partial charge in [-0.25, -0.2) is 9.79 Å². The third kappa shape index (κ3) is 4.34. The number of hydrogen-bond donors (Lipinski definition) is 1. The van der Waals surface area contributed by atoms with E-state index in [4.69, 9.17) is 9.47 Å². The second-order valence-corrected chi connectivity index (χ2v) is 8.38. The molecule has 1 aliphatic rings. The number of aromatic nitrogens is 1. The number of thiazole rings is 1. The van der Waals surface area contributed by atoms with Gasteiger partial charge in [-0.2, -0.15) is 0 Å².